The Morgan fingerprint density at radius 2 is 1.58 bits per heavy atom. The summed E-state index contributed by atoms with van der Waals surface area (Å²) < 4.78 is 0. The van der Waals surface area contributed by atoms with E-state index in [-0.39, 0.29) is 11.8 Å². The fourth-order valence-electron chi connectivity index (χ4n) is 4.11. The van der Waals surface area contributed by atoms with Crippen molar-refractivity contribution in [1.82, 2.24) is 14.8 Å². The highest BCUT2D eigenvalue weighted by Crippen LogP contribution is 2.37. The first-order valence-electron chi connectivity index (χ1n) is 10.7. The van der Waals surface area contributed by atoms with Crippen LogP contribution in [0.4, 0.5) is 0 Å². The van der Waals surface area contributed by atoms with Gasteiger partial charge in [-0.25, -0.2) is 4.98 Å². The van der Waals surface area contributed by atoms with Crippen LogP contribution in [0.15, 0.2) is 54.6 Å². The molecule has 3 aromatic rings. The molecular weight excluding hydrogens is 390 g/mol. The van der Waals surface area contributed by atoms with Crippen LogP contribution in [0.3, 0.4) is 0 Å². The number of hydrogen-bond donors (Lipinski definition) is 1. The molecule has 5 rings (SSSR count). The molecule has 2 aromatic carbocycles. The van der Waals surface area contributed by atoms with Gasteiger partial charge in [0.05, 0.1) is 11.2 Å². The Morgan fingerprint density at radius 1 is 0.903 bits per heavy atom. The Labute approximate surface area is 181 Å². The first kappa shape index (κ1) is 19.7. The summed E-state index contributed by atoms with van der Waals surface area (Å²) in [6.07, 6.45) is 1.09. The Bertz CT molecular complexity index is 1160. The van der Waals surface area contributed by atoms with Crippen molar-refractivity contribution < 1.29 is 14.7 Å². The fraction of sp³-hybridized carbons (Fsp3) is 0.320. The van der Waals surface area contributed by atoms with Crippen LogP contribution in [-0.2, 0) is 4.79 Å². The third-order valence-corrected chi connectivity index (χ3v) is 6.25. The maximum atomic E-state index is 12.9. The number of piperazine rings is 1. The number of nitrogens with zero attached hydrogens (tertiary/aromatic N) is 3. The summed E-state index contributed by atoms with van der Waals surface area (Å²) in [6, 6.07) is 17.8. The van der Waals surface area contributed by atoms with Crippen LogP contribution < -0.4 is 0 Å². The van der Waals surface area contributed by atoms with E-state index in [4.69, 9.17) is 4.98 Å². The molecule has 1 aromatic heterocycles. The minimum Gasteiger partial charge on any atom is -0.380 e. The van der Waals surface area contributed by atoms with Gasteiger partial charge in [-0.15, -0.1) is 0 Å². The smallest absolute Gasteiger partial charge is 0.254 e. The minimum absolute atomic E-state index is 0.0364. The zero-order valence-electron chi connectivity index (χ0n) is 17.5. The van der Waals surface area contributed by atoms with Crippen molar-refractivity contribution in [2.24, 2.45) is 0 Å². The number of aromatic nitrogens is 1. The van der Waals surface area contributed by atoms with Gasteiger partial charge in [0.15, 0.2) is 0 Å². The quantitative estimate of drug-likeness (QED) is 0.714. The molecule has 2 fully saturated rings. The number of aliphatic hydroxyl groups is 1. The number of fused-ring (bicyclic) bond motifs is 1. The van der Waals surface area contributed by atoms with Crippen molar-refractivity contribution in [1.29, 1.82) is 0 Å². The standard InChI is InChI=1S/C25H25N3O3/c1-17-2-8-22-20(16-17)7-9-21(26-22)18-3-5-19(6-4-18)23(29)27-12-14-28(15-13-27)24(30)25(31)10-11-25/h2-9,16,31H,10-15H2,1H3. The summed E-state index contributed by atoms with van der Waals surface area (Å²) in [6.45, 7) is 3.95. The molecule has 1 N–H and O–H groups in total. The average Bonchev–Trinajstić information content (AvgIpc) is 3.56. The number of carbonyl (C=O) groups excluding carboxylic acids is 2. The van der Waals surface area contributed by atoms with Gasteiger partial charge in [-0.1, -0.05) is 29.8 Å². The molecule has 31 heavy (non-hydrogen) atoms. The van der Waals surface area contributed by atoms with E-state index in [1.54, 1.807) is 9.80 Å². The normalized spacial score (nSPS) is 17.6. The van der Waals surface area contributed by atoms with E-state index in [0.29, 0.717) is 44.6 Å². The van der Waals surface area contributed by atoms with Crippen molar-refractivity contribution >= 4 is 22.7 Å². The summed E-state index contributed by atoms with van der Waals surface area (Å²) in [7, 11) is 0. The zero-order chi connectivity index (χ0) is 21.6. The molecule has 1 aliphatic carbocycles. The van der Waals surface area contributed by atoms with E-state index < -0.39 is 5.60 Å². The number of aryl methyl sites for hydroxylation is 1. The monoisotopic (exact) mass is 415 g/mol. The van der Waals surface area contributed by atoms with Gasteiger partial charge in [0.2, 0.25) is 0 Å². The summed E-state index contributed by atoms with van der Waals surface area (Å²) in [5, 5.41) is 11.1. The molecular formula is C25H25N3O3. The molecule has 2 heterocycles. The van der Waals surface area contributed by atoms with Crippen LogP contribution in [0.25, 0.3) is 22.2 Å². The molecule has 0 atom stereocenters. The summed E-state index contributed by atoms with van der Waals surface area (Å²) >= 11 is 0. The van der Waals surface area contributed by atoms with Gasteiger partial charge in [-0.2, -0.15) is 0 Å². The SMILES string of the molecule is Cc1ccc2nc(-c3ccc(C(=O)N4CCN(C(=O)C5(O)CC5)CC4)cc3)ccc2c1. The summed E-state index contributed by atoms with van der Waals surface area (Å²) in [4.78, 5) is 33.4. The number of hydrogen-bond acceptors (Lipinski definition) is 4. The first-order chi connectivity index (χ1) is 14.9. The van der Waals surface area contributed by atoms with Crippen molar-refractivity contribution in [2.45, 2.75) is 25.4 Å². The number of amides is 2. The van der Waals surface area contributed by atoms with Crippen LogP contribution >= 0.6 is 0 Å². The lowest BCUT2D eigenvalue weighted by Gasteiger charge is -2.35. The molecule has 158 valence electrons. The number of benzene rings is 2. The minimum atomic E-state index is -1.14. The molecule has 6 nitrogen and oxygen atoms in total. The Hall–Kier alpha value is -3.25. The van der Waals surface area contributed by atoms with E-state index in [1.807, 2.05) is 36.4 Å². The van der Waals surface area contributed by atoms with Gasteiger partial charge in [0, 0.05) is 42.7 Å². The van der Waals surface area contributed by atoms with Crippen molar-refractivity contribution in [3.63, 3.8) is 0 Å². The lowest BCUT2D eigenvalue weighted by Crippen LogP contribution is -2.53. The van der Waals surface area contributed by atoms with Crippen LogP contribution in [0, 0.1) is 6.92 Å². The first-order valence-corrected chi connectivity index (χ1v) is 10.7. The molecule has 0 unspecified atom stereocenters. The molecule has 2 aliphatic rings. The van der Waals surface area contributed by atoms with E-state index in [9.17, 15) is 14.7 Å². The highest BCUT2D eigenvalue weighted by Gasteiger charge is 2.50. The lowest BCUT2D eigenvalue weighted by atomic mass is 10.1. The lowest BCUT2D eigenvalue weighted by molar-refractivity contribution is -0.143. The molecule has 1 saturated carbocycles. The van der Waals surface area contributed by atoms with Gasteiger partial charge in [0.1, 0.15) is 5.60 Å². The predicted molar refractivity (Wildman–Crippen MR) is 119 cm³/mol. The second kappa shape index (κ2) is 7.46. The second-order valence-corrected chi connectivity index (χ2v) is 8.59. The molecule has 0 bridgehead atoms. The van der Waals surface area contributed by atoms with Crippen LogP contribution in [0.5, 0.6) is 0 Å². The van der Waals surface area contributed by atoms with Crippen LogP contribution in [0.2, 0.25) is 0 Å². The Morgan fingerprint density at radius 3 is 2.26 bits per heavy atom. The second-order valence-electron chi connectivity index (χ2n) is 8.59. The molecule has 0 radical (unpaired) electrons. The number of rotatable bonds is 3. The Kier molecular flexibility index (Phi) is 4.74. The molecule has 0 spiro atoms. The third-order valence-electron chi connectivity index (χ3n) is 6.25. The highest BCUT2D eigenvalue weighted by molar-refractivity contribution is 5.95. The van der Waals surface area contributed by atoms with Crippen LogP contribution in [0.1, 0.15) is 28.8 Å². The number of carbonyl (C=O) groups is 2. The van der Waals surface area contributed by atoms with Gasteiger partial charge in [-0.3, -0.25) is 9.59 Å². The van der Waals surface area contributed by atoms with Gasteiger partial charge < -0.3 is 14.9 Å². The topological polar surface area (TPSA) is 73.7 Å². The summed E-state index contributed by atoms with van der Waals surface area (Å²) in [5.74, 6) is -0.229. The Balaban J connectivity index is 1.26. The van der Waals surface area contributed by atoms with Crippen molar-refractivity contribution in [2.75, 3.05) is 26.2 Å². The molecule has 6 heteroatoms. The molecule has 1 aliphatic heterocycles. The number of pyridine rings is 1. The van der Waals surface area contributed by atoms with Crippen LogP contribution in [-0.4, -0.2) is 63.5 Å². The zero-order valence-corrected chi connectivity index (χ0v) is 17.5. The largest absolute Gasteiger partial charge is 0.380 e. The van der Waals surface area contributed by atoms with E-state index in [0.717, 1.165) is 22.2 Å². The highest BCUT2D eigenvalue weighted by atomic mass is 16.3. The van der Waals surface area contributed by atoms with Gasteiger partial charge in [-0.05, 0) is 50.1 Å². The summed E-state index contributed by atoms with van der Waals surface area (Å²) in [5.41, 5.74) is 3.48. The predicted octanol–water partition coefficient (Wildman–Crippen LogP) is 3.02. The van der Waals surface area contributed by atoms with E-state index in [1.165, 1.54) is 5.56 Å². The van der Waals surface area contributed by atoms with Gasteiger partial charge >= 0.3 is 0 Å². The molecule has 2 amide bonds. The van der Waals surface area contributed by atoms with Gasteiger partial charge in [0.25, 0.3) is 11.8 Å². The fourth-order valence-corrected chi connectivity index (χ4v) is 4.11. The van der Waals surface area contributed by atoms with Crippen molar-refractivity contribution in [3.05, 3.63) is 65.7 Å². The molecule has 1 saturated heterocycles. The van der Waals surface area contributed by atoms with E-state index >= 15 is 0 Å². The van der Waals surface area contributed by atoms with E-state index in [2.05, 4.69) is 25.1 Å². The van der Waals surface area contributed by atoms with Crippen molar-refractivity contribution in [3.8, 4) is 11.3 Å². The third kappa shape index (κ3) is 3.79. The maximum Gasteiger partial charge on any atom is 0.254 e. The maximum absolute atomic E-state index is 12.9. The average molecular weight is 415 g/mol.